The third-order valence-electron chi connectivity index (χ3n) is 4.04. The van der Waals surface area contributed by atoms with E-state index in [-0.39, 0.29) is 6.10 Å². The van der Waals surface area contributed by atoms with Crippen molar-refractivity contribution in [3.63, 3.8) is 0 Å². The first kappa shape index (κ1) is 14.6. The fourth-order valence-electron chi connectivity index (χ4n) is 2.82. The molecule has 1 saturated heterocycles. The van der Waals surface area contributed by atoms with Gasteiger partial charge >= 0.3 is 0 Å². The van der Waals surface area contributed by atoms with Crippen molar-refractivity contribution in [1.29, 1.82) is 0 Å². The number of hydrogen-bond donors (Lipinski definition) is 1. The number of methoxy groups -OCH3 is 1. The Labute approximate surface area is 129 Å². The number of nitrogens with one attached hydrogen (secondary N) is 1. The van der Waals surface area contributed by atoms with Crippen LogP contribution in [0.4, 0.5) is 0 Å². The molecular formula is C15H21N3O2S. The van der Waals surface area contributed by atoms with Gasteiger partial charge in [-0.05, 0) is 30.9 Å². The molecule has 1 aromatic heterocycles. The van der Waals surface area contributed by atoms with Crippen molar-refractivity contribution in [3.8, 4) is 5.75 Å². The van der Waals surface area contributed by atoms with Crippen LogP contribution >= 0.6 is 12.2 Å². The van der Waals surface area contributed by atoms with Crippen molar-refractivity contribution < 1.29 is 9.47 Å². The molecule has 0 spiro atoms. The van der Waals surface area contributed by atoms with Crippen LogP contribution in [0.2, 0.25) is 0 Å². The van der Waals surface area contributed by atoms with Gasteiger partial charge in [0.15, 0.2) is 4.77 Å². The lowest BCUT2D eigenvalue weighted by Crippen LogP contribution is -2.43. The standard InChI is InChI=1S/C15H21N3O2S/c1-3-17-6-7-20-12(9-17)10-18-14-8-11(19-2)4-5-13(14)16-15(18)21/h4-5,8,12H,3,6-7,9-10H2,1-2H3,(H,16,21). The van der Waals surface area contributed by atoms with Crippen LogP contribution in [0.15, 0.2) is 18.2 Å². The van der Waals surface area contributed by atoms with E-state index in [2.05, 4.69) is 21.4 Å². The zero-order valence-corrected chi connectivity index (χ0v) is 13.3. The molecule has 2 heterocycles. The highest BCUT2D eigenvalue weighted by Crippen LogP contribution is 2.21. The number of likely N-dealkylation sites (N-methyl/N-ethyl adjacent to an activating group) is 1. The molecular weight excluding hydrogens is 286 g/mol. The zero-order valence-electron chi connectivity index (χ0n) is 12.5. The molecule has 3 rings (SSSR count). The number of fused-ring (bicyclic) bond motifs is 1. The van der Waals surface area contributed by atoms with Crippen molar-refractivity contribution in [2.45, 2.75) is 19.6 Å². The molecule has 1 atom stereocenters. The molecule has 0 amide bonds. The summed E-state index contributed by atoms with van der Waals surface area (Å²) in [6.07, 6.45) is 0.176. The number of nitrogens with zero attached hydrogens (tertiary/aromatic N) is 2. The maximum Gasteiger partial charge on any atom is 0.178 e. The monoisotopic (exact) mass is 307 g/mol. The quantitative estimate of drug-likeness (QED) is 0.881. The van der Waals surface area contributed by atoms with Crippen molar-refractivity contribution >= 4 is 23.3 Å². The predicted octanol–water partition coefficient (Wildman–Crippen LogP) is 2.43. The molecule has 1 N–H and O–H groups in total. The Balaban J connectivity index is 1.89. The molecule has 5 nitrogen and oxygen atoms in total. The molecule has 0 radical (unpaired) electrons. The van der Waals surface area contributed by atoms with E-state index in [0.717, 1.165) is 54.3 Å². The molecule has 1 unspecified atom stereocenters. The van der Waals surface area contributed by atoms with E-state index >= 15 is 0 Å². The lowest BCUT2D eigenvalue weighted by molar-refractivity contribution is -0.0339. The highest BCUT2D eigenvalue weighted by Gasteiger charge is 2.20. The van der Waals surface area contributed by atoms with E-state index < -0.39 is 0 Å². The number of H-pyrrole nitrogens is 1. The van der Waals surface area contributed by atoms with Gasteiger partial charge in [0, 0.05) is 19.2 Å². The second-order valence-corrected chi connectivity index (χ2v) is 5.70. The van der Waals surface area contributed by atoms with Crippen molar-refractivity contribution in [2.75, 3.05) is 33.4 Å². The summed E-state index contributed by atoms with van der Waals surface area (Å²) in [6.45, 7) is 6.77. The minimum Gasteiger partial charge on any atom is -0.497 e. The van der Waals surface area contributed by atoms with Crippen LogP contribution in [0, 0.1) is 4.77 Å². The molecule has 0 aliphatic carbocycles. The Morgan fingerprint density at radius 3 is 3.10 bits per heavy atom. The molecule has 1 fully saturated rings. The van der Waals surface area contributed by atoms with Crippen molar-refractivity contribution in [1.82, 2.24) is 14.5 Å². The zero-order chi connectivity index (χ0) is 14.8. The van der Waals surface area contributed by atoms with E-state index in [1.807, 2.05) is 18.2 Å². The number of rotatable bonds is 4. The lowest BCUT2D eigenvalue weighted by atomic mass is 10.2. The van der Waals surface area contributed by atoms with Gasteiger partial charge in [-0.1, -0.05) is 6.92 Å². The highest BCUT2D eigenvalue weighted by molar-refractivity contribution is 7.71. The number of aromatic nitrogens is 2. The van der Waals surface area contributed by atoms with Crippen LogP contribution in [0.1, 0.15) is 6.92 Å². The third-order valence-corrected chi connectivity index (χ3v) is 4.36. The van der Waals surface area contributed by atoms with Crippen LogP contribution in [-0.2, 0) is 11.3 Å². The number of morpholine rings is 1. The largest absolute Gasteiger partial charge is 0.497 e. The molecule has 6 heteroatoms. The van der Waals surface area contributed by atoms with E-state index in [4.69, 9.17) is 21.7 Å². The van der Waals surface area contributed by atoms with Gasteiger partial charge in [-0.3, -0.25) is 4.90 Å². The average Bonchev–Trinajstić information content (AvgIpc) is 2.82. The van der Waals surface area contributed by atoms with E-state index in [0.29, 0.717) is 0 Å². The van der Waals surface area contributed by atoms with Crippen LogP contribution in [-0.4, -0.2) is 53.9 Å². The fraction of sp³-hybridized carbons (Fsp3) is 0.533. The van der Waals surface area contributed by atoms with E-state index in [1.165, 1.54) is 0 Å². The Kier molecular flexibility index (Phi) is 4.28. The summed E-state index contributed by atoms with van der Waals surface area (Å²) in [7, 11) is 1.68. The van der Waals surface area contributed by atoms with Crippen molar-refractivity contribution in [3.05, 3.63) is 23.0 Å². The summed E-state index contributed by atoms with van der Waals surface area (Å²) in [4.78, 5) is 5.66. The average molecular weight is 307 g/mol. The molecule has 21 heavy (non-hydrogen) atoms. The second kappa shape index (κ2) is 6.17. The van der Waals surface area contributed by atoms with E-state index in [9.17, 15) is 0 Å². The van der Waals surface area contributed by atoms with Crippen LogP contribution in [0.25, 0.3) is 11.0 Å². The van der Waals surface area contributed by atoms with E-state index in [1.54, 1.807) is 7.11 Å². The summed E-state index contributed by atoms with van der Waals surface area (Å²) in [5.74, 6) is 0.838. The molecule has 2 aromatic rings. The molecule has 1 aliphatic rings. The van der Waals surface area contributed by atoms with Gasteiger partial charge in [-0.2, -0.15) is 0 Å². The molecule has 1 aromatic carbocycles. The normalized spacial score (nSPS) is 20.0. The van der Waals surface area contributed by atoms with Gasteiger partial charge < -0.3 is 19.0 Å². The van der Waals surface area contributed by atoms with Gasteiger partial charge in [0.1, 0.15) is 5.75 Å². The van der Waals surface area contributed by atoms with Crippen LogP contribution in [0.5, 0.6) is 5.75 Å². The van der Waals surface area contributed by atoms with Crippen LogP contribution in [0.3, 0.4) is 0 Å². The summed E-state index contributed by atoms with van der Waals surface area (Å²) < 4.78 is 14.0. The maximum atomic E-state index is 5.89. The van der Waals surface area contributed by atoms with Crippen LogP contribution < -0.4 is 4.74 Å². The van der Waals surface area contributed by atoms with Gasteiger partial charge in [-0.15, -0.1) is 0 Å². The SMILES string of the molecule is CCN1CCOC(Cn2c(=S)[nH]c3ccc(OC)cc32)C1. The smallest absolute Gasteiger partial charge is 0.178 e. The number of imidazole rings is 1. The predicted molar refractivity (Wildman–Crippen MR) is 85.5 cm³/mol. The molecule has 0 bridgehead atoms. The Morgan fingerprint density at radius 2 is 2.33 bits per heavy atom. The minimum atomic E-state index is 0.176. The lowest BCUT2D eigenvalue weighted by Gasteiger charge is -2.32. The maximum absolute atomic E-state index is 5.89. The minimum absolute atomic E-state index is 0.176. The number of hydrogen-bond acceptors (Lipinski definition) is 4. The summed E-state index contributed by atoms with van der Waals surface area (Å²) in [6, 6.07) is 5.95. The van der Waals surface area contributed by atoms with Crippen molar-refractivity contribution in [2.24, 2.45) is 0 Å². The second-order valence-electron chi connectivity index (χ2n) is 5.31. The van der Waals surface area contributed by atoms with Gasteiger partial charge in [0.2, 0.25) is 0 Å². The summed E-state index contributed by atoms with van der Waals surface area (Å²) in [5.41, 5.74) is 2.10. The third kappa shape index (κ3) is 2.97. The first-order valence-corrected chi connectivity index (χ1v) is 7.72. The van der Waals surface area contributed by atoms with Gasteiger partial charge in [0.05, 0.1) is 37.4 Å². The Hall–Kier alpha value is -1.37. The van der Waals surface area contributed by atoms with Gasteiger partial charge in [-0.25, -0.2) is 0 Å². The summed E-state index contributed by atoms with van der Waals surface area (Å²) in [5, 5.41) is 0. The number of ether oxygens (including phenoxy) is 2. The Bertz CT molecular complexity index is 679. The Morgan fingerprint density at radius 1 is 1.48 bits per heavy atom. The summed E-state index contributed by atoms with van der Waals surface area (Å²) >= 11 is 5.46. The van der Waals surface area contributed by atoms with Gasteiger partial charge in [0.25, 0.3) is 0 Å². The first-order valence-electron chi connectivity index (χ1n) is 7.31. The number of benzene rings is 1. The first-order chi connectivity index (χ1) is 10.2. The topological polar surface area (TPSA) is 42.4 Å². The highest BCUT2D eigenvalue weighted by atomic mass is 32.1. The fourth-order valence-corrected chi connectivity index (χ4v) is 3.11. The molecule has 0 saturated carbocycles. The number of aromatic amines is 1. The molecule has 1 aliphatic heterocycles. The molecule has 114 valence electrons.